The summed E-state index contributed by atoms with van der Waals surface area (Å²) in [6.07, 6.45) is 0.956. The first-order chi connectivity index (χ1) is 6.66. The lowest BCUT2D eigenvalue weighted by atomic mass is 9.87. The van der Waals surface area contributed by atoms with Crippen LogP contribution in [0.1, 0.15) is 31.7 Å². The zero-order valence-corrected chi connectivity index (χ0v) is 9.29. The van der Waals surface area contributed by atoms with Gasteiger partial charge in [-0.15, -0.1) is 0 Å². The molecule has 76 valence electrons. The number of hydrogen-bond acceptors (Lipinski definition) is 1. The summed E-state index contributed by atoms with van der Waals surface area (Å²) in [5, 5.41) is -0.259. The van der Waals surface area contributed by atoms with Gasteiger partial charge in [-0.25, -0.2) is 0 Å². The summed E-state index contributed by atoms with van der Waals surface area (Å²) >= 11 is 5.61. The Hall–Kier alpha value is -0.820. The van der Waals surface area contributed by atoms with E-state index in [1.54, 1.807) is 0 Å². The van der Waals surface area contributed by atoms with Crippen molar-refractivity contribution in [1.82, 2.24) is 0 Å². The number of rotatable bonds is 4. The Bertz CT molecular complexity index is 294. The zero-order chi connectivity index (χ0) is 10.6. The second-order valence-electron chi connectivity index (χ2n) is 3.58. The van der Waals surface area contributed by atoms with Crippen LogP contribution >= 0.6 is 11.6 Å². The van der Waals surface area contributed by atoms with Gasteiger partial charge in [-0.3, -0.25) is 4.79 Å². The van der Waals surface area contributed by atoms with E-state index >= 15 is 0 Å². The minimum absolute atomic E-state index is 0.164. The van der Waals surface area contributed by atoms with Crippen LogP contribution in [-0.4, -0.2) is 5.24 Å². The molecule has 0 aliphatic carbocycles. The number of benzene rings is 1. The topological polar surface area (TPSA) is 17.1 Å². The van der Waals surface area contributed by atoms with Gasteiger partial charge in [0.15, 0.2) is 0 Å². The maximum Gasteiger partial charge on any atom is 0.229 e. The van der Waals surface area contributed by atoms with Crippen molar-refractivity contribution in [3.8, 4) is 0 Å². The highest BCUT2D eigenvalue weighted by molar-refractivity contribution is 6.64. The molecule has 0 bridgehead atoms. The van der Waals surface area contributed by atoms with Gasteiger partial charge < -0.3 is 0 Å². The van der Waals surface area contributed by atoms with Crippen LogP contribution in [0.4, 0.5) is 0 Å². The lowest BCUT2D eigenvalue weighted by molar-refractivity contribution is -0.114. The number of carbonyl (C=O) groups excluding carboxylic acids is 1. The van der Waals surface area contributed by atoms with Gasteiger partial charge in [-0.05, 0) is 23.1 Å². The molecule has 1 nitrogen and oxygen atoms in total. The van der Waals surface area contributed by atoms with E-state index in [0.717, 1.165) is 12.0 Å². The highest BCUT2D eigenvalue weighted by atomic mass is 35.5. The first-order valence-corrected chi connectivity index (χ1v) is 5.29. The van der Waals surface area contributed by atoms with Crippen LogP contribution in [0.25, 0.3) is 0 Å². The molecule has 0 radical (unpaired) electrons. The van der Waals surface area contributed by atoms with E-state index in [1.807, 2.05) is 30.3 Å². The van der Waals surface area contributed by atoms with Crippen molar-refractivity contribution >= 4 is 16.8 Å². The van der Waals surface area contributed by atoms with E-state index in [9.17, 15) is 4.79 Å². The van der Waals surface area contributed by atoms with Crippen molar-refractivity contribution in [1.29, 1.82) is 0 Å². The fourth-order valence-corrected chi connectivity index (χ4v) is 1.92. The molecule has 0 unspecified atom stereocenters. The van der Waals surface area contributed by atoms with Crippen molar-refractivity contribution in [2.75, 3.05) is 0 Å². The lowest BCUT2D eigenvalue weighted by Gasteiger charge is -2.19. The molecule has 1 aromatic carbocycles. The van der Waals surface area contributed by atoms with E-state index in [0.29, 0.717) is 5.92 Å². The van der Waals surface area contributed by atoms with Gasteiger partial charge in [0, 0.05) is 0 Å². The highest BCUT2D eigenvalue weighted by Gasteiger charge is 2.23. The molecule has 1 rings (SSSR count). The fraction of sp³-hybridized carbons (Fsp3) is 0.417. The molecule has 1 aromatic rings. The maximum absolute atomic E-state index is 11.3. The van der Waals surface area contributed by atoms with Crippen molar-refractivity contribution in [2.45, 2.75) is 26.2 Å². The predicted molar refractivity (Wildman–Crippen MR) is 59.5 cm³/mol. The van der Waals surface area contributed by atoms with Gasteiger partial charge in [0.05, 0.1) is 5.92 Å². The molecule has 0 saturated carbocycles. The molecule has 2 heteroatoms. The molecule has 0 N–H and O–H groups in total. The third kappa shape index (κ3) is 2.58. The largest absolute Gasteiger partial charge is 0.281 e. The zero-order valence-electron chi connectivity index (χ0n) is 8.53. The maximum atomic E-state index is 11.3. The third-order valence-electron chi connectivity index (χ3n) is 2.62. The average Bonchev–Trinajstić information content (AvgIpc) is 2.19. The van der Waals surface area contributed by atoms with Crippen molar-refractivity contribution in [2.24, 2.45) is 5.92 Å². The van der Waals surface area contributed by atoms with Crippen LogP contribution in [0.5, 0.6) is 0 Å². The van der Waals surface area contributed by atoms with Crippen molar-refractivity contribution in [3.63, 3.8) is 0 Å². The number of halogens is 1. The monoisotopic (exact) mass is 210 g/mol. The smallest absolute Gasteiger partial charge is 0.229 e. The van der Waals surface area contributed by atoms with Gasteiger partial charge >= 0.3 is 0 Å². The van der Waals surface area contributed by atoms with E-state index in [1.165, 1.54) is 0 Å². The normalized spacial score (nSPS) is 14.8. The highest BCUT2D eigenvalue weighted by Crippen LogP contribution is 2.28. The van der Waals surface area contributed by atoms with Crippen LogP contribution in [0.15, 0.2) is 30.3 Å². The first-order valence-electron chi connectivity index (χ1n) is 4.91. The molecular weight excluding hydrogens is 196 g/mol. The molecule has 0 aliphatic heterocycles. The summed E-state index contributed by atoms with van der Waals surface area (Å²) < 4.78 is 0. The molecular formula is C12H15ClO. The van der Waals surface area contributed by atoms with Gasteiger partial charge in [0.25, 0.3) is 0 Å². The van der Waals surface area contributed by atoms with Gasteiger partial charge in [0.2, 0.25) is 5.24 Å². The molecule has 0 fully saturated rings. The molecule has 0 heterocycles. The minimum Gasteiger partial charge on any atom is -0.281 e. The van der Waals surface area contributed by atoms with Crippen LogP contribution in [0, 0.1) is 5.92 Å². The molecule has 0 amide bonds. The van der Waals surface area contributed by atoms with E-state index < -0.39 is 0 Å². The fourth-order valence-electron chi connectivity index (χ4n) is 1.58. The second-order valence-corrected chi connectivity index (χ2v) is 3.95. The minimum atomic E-state index is -0.259. The molecule has 0 saturated heterocycles. The SMILES string of the molecule is CC[C@H](C)[C@H](C(=O)Cl)c1ccccc1. The number of hydrogen-bond donors (Lipinski definition) is 0. The van der Waals surface area contributed by atoms with Crippen LogP contribution < -0.4 is 0 Å². The molecule has 0 aliphatic rings. The quantitative estimate of drug-likeness (QED) is 0.695. The summed E-state index contributed by atoms with van der Waals surface area (Å²) in [6, 6.07) is 9.72. The summed E-state index contributed by atoms with van der Waals surface area (Å²) in [5.74, 6) is 0.130. The van der Waals surface area contributed by atoms with E-state index in [-0.39, 0.29) is 11.2 Å². The Kier molecular flexibility index (Phi) is 4.15. The molecule has 2 atom stereocenters. The Morgan fingerprint density at radius 1 is 1.36 bits per heavy atom. The molecule has 14 heavy (non-hydrogen) atoms. The van der Waals surface area contributed by atoms with Crippen LogP contribution in [-0.2, 0) is 4.79 Å². The molecule has 0 spiro atoms. The third-order valence-corrected chi connectivity index (χ3v) is 2.85. The Balaban J connectivity index is 2.95. The number of carbonyl (C=O) groups is 1. The van der Waals surface area contributed by atoms with Crippen molar-refractivity contribution in [3.05, 3.63) is 35.9 Å². The van der Waals surface area contributed by atoms with Crippen molar-refractivity contribution < 1.29 is 4.79 Å². The summed E-state index contributed by atoms with van der Waals surface area (Å²) in [4.78, 5) is 11.3. The summed E-state index contributed by atoms with van der Waals surface area (Å²) in [5.41, 5.74) is 1.02. The Labute approximate surface area is 90.1 Å². The summed E-state index contributed by atoms with van der Waals surface area (Å²) in [7, 11) is 0. The van der Waals surface area contributed by atoms with Gasteiger partial charge in [-0.1, -0.05) is 50.6 Å². The van der Waals surface area contributed by atoms with E-state index in [2.05, 4.69) is 13.8 Å². The molecule has 0 aromatic heterocycles. The Morgan fingerprint density at radius 2 is 1.93 bits per heavy atom. The van der Waals surface area contributed by atoms with E-state index in [4.69, 9.17) is 11.6 Å². The van der Waals surface area contributed by atoms with Gasteiger partial charge in [0.1, 0.15) is 0 Å². The summed E-state index contributed by atoms with van der Waals surface area (Å²) in [6.45, 7) is 4.12. The van der Waals surface area contributed by atoms with Crippen LogP contribution in [0.3, 0.4) is 0 Å². The Morgan fingerprint density at radius 3 is 2.36 bits per heavy atom. The standard InChI is InChI=1S/C12H15ClO/c1-3-9(2)11(12(13)14)10-7-5-4-6-8-10/h4-9,11H,3H2,1-2H3/t9-,11-/m0/s1. The predicted octanol–water partition coefficient (Wildman–Crippen LogP) is 3.58. The second kappa shape index (κ2) is 5.16. The lowest BCUT2D eigenvalue weighted by Crippen LogP contribution is -2.15. The first kappa shape index (κ1) is 11.3. The average molecular weight is 211 g/mol. The van der Waals surface area contributed by atoms with Crippen LogP contribution in [0.2, 0.25) is 0 Å². The van der Waals surface area contributed by atoms with Gasteiger partial charge in [-0.2, -0.15) is 0 Å².